The molecule has 0 spiro atoms. The number of epoxide rings is 1. The van der Waals surface area contributed by atoms with Crippen molar-refractivity contribution in [3.63, 3.8) is 0 Å². The molecule has 1 aliphatic heterocycles. The molecule has 1 fully saturated rings. The van der Waals surface area contributed by atoms with Gasteiger partial charge in [-0.2, -0.15) is 13.2 Å². The summed E-state index contributed by atoms with van der Waals surface area (Å²) in [7, 11) is 0. The van der Waals surface area contributed by atoms with E-state index >= 15 is 0 Å². The van der Waals surface area contributed by atoms with Crippen LogP contribution in [0.15, 0.2) is 12.7 Å². The number of alkyl halides is 3. The first-order valence-corrected chi connectivity index (χ1v) is 4.91. The van der Waals surface area contributed by atoms with Gasteiger partial charge in [0.2, 0.25) is 5.60 Å². The molecule has 16 heavy (non-hydrogen) atoms. The first kappa shape index (κ1) is 13.0. The van der Waals surface area contributed by atoms with E-state index < -0.39 is 23.5 Å². The molecule has 0 aromatic carbocycles. The lowest BCUT2D eigenvalue weighted by atomic mass is 9.96. The molecule has 2 unspecified atom stereocenters. The zero-order valence-corrected chi connectivity index (χ0v) is 9.06. The van der Waals surface area contributed by atoms with Crippen LogP contribution in [-0.4, -0.2) is 23.5 Å². The van der Waals surface area contributed by atoms with Gasteiger partial charge < -0.3 is 9.47 Å². The Labute approximate surface area is 91.2 Å². The molecular weight excluding hydrogens is 225 g/mol. The van der Waals surface area contributed by atoms with Crippen molar-refractivity contribution in [1.82, 2.24) is 0 Å². The third-order valence-electron chi connectivity index (χ3n) is 2.77. The van der Waals surface area contributed by atoms with E-state index in [1.807, 2.05) is 0 Å². The van der Waals surface area contributed by atoms with Crippen LogP contribution in [0.1, 0.15) is 26.7 Å². The van der Waals surface area contributed by atoms with Crippen LogP contribution in [0.25, 0.3) is 0 Å². The van der Waals surface area contributed by atoms with Crippen molar-refractivity contribution in [2.45, 2.75) is 44.3 Å². The lowest BCUT2D eigenvalue weighted by Gasteiger charge is -2.19. The number of halogens is 3. The number of ether oxygens (including phenoxy) is 2. The van der Waals surface area contributed by atoms with Crippen LogP contribution in [-0.2, 0) is 14.3 Å². The van der Waals surface area contributed by atoms with E-state index in [0.29, 0.717) is 0 Å². The maximum atomic E-state index is 12.8. The topological polar surface area (TPSA) is 38.8 Å². The summed E-state index contributed by atoms with van der Waals surface area (Å²) in [4.78, 5) is 11.0. The lowest BCUT2D eigenvalue weighted by Crippen LogP contribution is -2.41. The smallest absolute Gasteiger partial charge is 0.424 e. The normalized spacial score (nSPS) is 33.3. The zero-order valence-electron chi connectivity index (χ0n) is 9.06. The van der Waals surface area contributed by atoms with E-state index in [9.17, 15) is 18.0 Å². The van der Waals surface area contributed by atoms with E-state index in [0.717, 1.165) is 6.08 Å². The fraction of sp³-hybridized carbons (Fsp3) is 0.700. The maximum Gasteiger partial charge on any atom is 0.424 e. The summed E-state index contributed by atoms with van der Waals surface area (Å²) < 4.78 is 47.8. The summed E-state index contributed by atoms with van der Waals surface area (Å²) in [5.41, 5.74) is -2.37. The molecule has 3 nitrogen and oxygen atoms in total. The largest absolute Gasteiger partial charge is 0.426 e. The summed E-state index contributed by atoms with van der Waals surface area (Å²) in [6.45, 7) is 5.94. The summed E-state index contributed by atoms with van der Waals surface area (Å²) in [6, 6.07) is 0. The fourth-order valence-corrected chi connectivity index (χ4v) is 1.81. The Hall–Kier alpha value is -1.04. The van der Waals surface area contributed by atoms with Gasteiger partial charge in [0.25, 0.3) is 5.79 Å². The van der Waals surface area contributed by atoms with Crippen LogP contribution in [0.5, 0.6) is 0 Å². The monoisotopic (exact) mass is 238 g/mol. The van der Waals surface area contributed by atoms with Crippen molar-refractivity contribution in [3.8, 4) is 0 Å². The maximum absolute atomic E-state index is 12.8. The van der Waals surface area contributed by atoms with Crippen LogP contribution in [0.2, 0.25) is 0 Å². The van der Waals surface area contributed by atoms with E-state index in [1.54, 1.807) is 0 Å². The molecule has 0 N–H and O–H groups in total. The molecule has 0 radical (unpaired) electrons. The third-order valence-corrected chi connectivity index (χ3v) is 2.77. The van der Waals surface area contributed by atoms with Gasteiger partial charge in [0.05, 0.1) is 0 Å². The minimum absolute atomic E-state index is 0.0556. The molecule has 1 aliphatic rings. The second kappa shape index (κ2) is 3.76. The van der Waals surface area contributed by atoms with Gasteiger partial charge in [-0.3, -0.25) is 0 Å². The molecule has 0 bridgehead atoms. The van der Waals surface area contributed by atoms with Crippen LogP contribution in [0, 0.1) is 0 Å². The van der Waals surface area contributed by atoms with Crippen molar-refractivity contribution in [2.24, 2.45) is 0 Å². The number of carbonyl (C=O) groups excluding carboxylic acids is 1. The summed E-state index contributed by atoms with van der Waals surface area (Å²) in [5, 5.41) is 0. The highest BCUT2D eigenvalue weighted by Crippen LogP contribution is 2.61. The zero-order chi connectivity index (χ0) is 12.6. The highest BCUT2D eigenvalue weighted by atomic mass is 19.4. The van der Waals surface area contributed by atoms with Crippen LogP contribution in [0.4, 0.5) is 13.2 Å². The van der Waals surface area contributed by atoms with E-state index in [-0.39, 0.29) is 12.8 Å². The van der Waals surface area contributed by atoms with Crippen molar-refractivity contribution in [2.75, 3.05) is 0 Å². The Morgan fingerprint density at radius 2 is 2.00 bits per heavy atom. The predicted octanol–water partition coefficient (Wildman–Crippen LogP) is 2.56. The number of esters is 1. The average molecular weight is 238 g/mol. The highest BCUT2D eigenvalue weighted by Gasteiger charge is 2.84. The van der Waals surface area contributed by atoms with Gasteiger partial charge in [-0.15, -0.1) is 0 Å². The molecule has 1 rings (SSSR count). The molecule has 1 saturated heterocycles. The van der Waals surface area contributed by atoms with E-state index in [4.69, 9.17) is 4.74 Å². The second-order valence-electron chi connectivity index (χ2n) is 3.51. The Balaban J connectivity index is 2.95. The van der Waals surface area contributed by atoms with Crippen LogP contribution in [0.3, 0.4) is 0 Å². The van der Waals surface area contributed by atoms with E-state index in [2.05, 4.69) is 11.3 Å². The molecule has 0 aliphatic carbocycles. The van der Waals surface area contributed by atoms with Gasteiger partial charge in [-0.25, -0.2) is 4.79 Å². The molecule has 6 heteroatoms. The van der Waals surface area contributed by atoms with Crippen LogP contribution < -0.4 is 0 Å². The molecule has 1 heterocycles. The number of carbonyl (C=O) groups is 1. The Bertz CT molecular complexity index is 313. The number of hydrogen-bond acceptors (Lipinski definition) is 3. The first-order valence-electron chi connectivity index (χ1n) is 4.91. The lowest BCUT2D eigenvalue weighted by molar-refractivity contribution is -0.191. The average Bonchev–Trinajstić information content (AvgIpc) is 2.87. The first-order chi connectivity index (χ1) is 7.28. The standard InChI is InChI=1S/C10H13F3O3/c1-4-7(14)15-9(6-3)8(5-2,16-9)10(11,12)13/h4H,1,5-6H2,2-3H3. The van der Waals surface area contributed by atoms with Gasteiger partial charge >= 0.3 is 12.1 Å². The quantitative estimate of drug-likeness (QED) is 0.429. The predicted molar refractivity (Wildman–Crippen MR) is 49.5 cm³/mol. The second-order valence-corrected chi connectivity index (χ2v) is 3.51. The van der Waals surface area contributed by atoms with Gasteiger partial charge in [0.15, 0.2) is 0 Å². The molecule has 0 aromatic rings. The minimum Gasteiger partial charge on any atom is -0.426 e. The molecule has 92 valence electrons. The Morgan fingerprint density at radius 3 is 2.25 bits per heavy atom. The van der Waals surface area contributed by atoms with Gasteiger partial charge in [-0.1, -0.05) is 20.4 Å². The summed E-state index contributed by atoms with van der Waals surface area (Å²) in [6.07, 6.45) is -4.09. The Morgan fingerprint density at radius 1 is 1.44 bits per heavy atom. The highest BCUT2D eigenvalue weighted by molar-refractivity contribution is 5.81. The number of rotatable bonds is 4. The number of hydrogen-bond donors (Lipinski definition) is 0. The molecular formula is C10H13F3O3. The molecule has 2 atom stereocenters. The fourth-order valence-electron chi connectivity index (χ4n) is 1.81. The van der Waals surface area contributed by atoms with Crippen molar-refractivity contribution < 1.29 is 27.4 Å². The molecule has 0 saturated carbocycles. The molecule has 0 aromatic heterocycles. The van der Waals surface area contributed by atoms with Crippen molar-refractivity contribution in [1.29, 1.82) is 0 Å². The van der Waals surface area contributed by atoms with Gasteiger partial charge in [0, 0.05) is 12.5 Å². The summed E-state index contributed by atoms with van der Waals surface area (Å²) in [5.74, 6) is -2.80. The minimum atomic E-state index is -4.56. The Kier molecular flexibility index (Phi) is 3.06. The van der Waals surface area contributed by atoms with Gasteiger partial charge in [-0.05, 0) is 6.42 Å². The summed E-state index contributed by atoms with van der Waals surface area (Å²) >= 11 is 0. The van der Waals surface area contributed by atoms with Crippen LogP contribution >= 0.6 is 0 Å². The van der Waals surface area contributed by atoms with Crippen molar-refractivity contribution >= 4 is 5.97 Å². The van der Waals surface area contributed by atoms with Gasteiger partial charge in [0.1, 0.15) is 0 Å². The van der Waals surface area contributed by atoms with E-state index in [1.165, 1.54) is 13.8 Å². The SMILES string of the molecule is C=CC(=O)OC1(CC)OC1(CC)C(F)(F)F. The van der Waals surface area contributed by atoms with Crippen molar-refractivity contribution in [3.05, 3.63) is 12.7 Å². The molecule has 0 amide bonds. The third kappa shape index (κ3) is 1.61.